The van der Waals surface area contributed by atoms with E-state index in [1.807, 2.05) is 18.2 Å². The van der Waals surface area contributed by atoms with E-state index in [1.54, 1.807) is 18.5 Å². The third-order valence-corrected chi connectivity index (χ3v) is 5.62. The van der Waals surface area contributed by atoms with E-state index in [0.717, 1.165) is 17.3 Å². The summed E-state index contributed by atoms with van der Waals surface area (Å²) < 4.78 is 16.0. The van der Waals surface area contributed by atoms with Crippen LogP contribution in [0.25, 0.3) is 11.3 Å². The van der Waals surface area contributed by atoms with Crippen molar-refractivity contribution >= 4 is 34.9 Å². The highest BCUT2D eigenvalue weighted by Gasteiger charge is 2.13. The van der Waals surface area contributed by atoms with E-state index in [-0.39, 0.29) is 23.1 Å². The van der Waals surface area contributed by atoms with Gasteiger partial charge in [0.05, 0.1) is 5.75 Å². The highest BCUT2D eigenvalue weighted by molar-refractivity contribution is 7.99. The van der Waals surface area contributed by atoms with E-state index in [2.05, 4.69) is 15.5 Å². The fourth-order valence-corrected chi connectivity index (χ4v) is 3.74. The summed E-state index contributed by atoms with van der Waals surface area (Å²) in [7, 11) is 0. The van der Waals surface area contributed by atoms with Crippen LogP contribution in [0.2, 0.25) is 5.02 Å². The highest BCUT2D eigenvalue weighted by atomic mass is 35.5. The summed E-state index contributed by atoms with van der Waals surface area (Å²) in [6, 6.07) is 12.8. The first-order chi connectivity index (χ1) is 14.5. The number of hydrogen-bond donors (Lipinski definition) is 1. The second kappa shape index (κ2) is 8.68. The Balaban J connectivity index is 1.45. The predicted molar refractivity (Wildman–Crippen MR) is 113 cm³/mol. The van der Waals surface area contributed by atoms with Crippen LogP contribution in [0.15, 0.2) is 70.9 Å². The molecule has 10 heteroatoms. The van der Waals surface area contributed by atoms with Gasteiger partial charge in [0, 0.05) is 29.6 Å². The number of nitrogens with zero attached hydrogens (tertiary/aromatic N) is 4. The quantitative estimate of drug-likeness (QED) is 0.463. The molecule has 0 spiro atoms. The van der Waals surface area contributed by atoms with Crippen LogP contribution < -0.4 is 10.9 Å². The molecule has 0 aliphatic carbocycles. The zero-order valence-electron chi connectivity index (χ0n) is 15.5. The van der Waals surface area contributed by atoms with Crippen LogP contribution in [0.5, 0.6) is 0 Å². The maximum absolute atomic E-state index is 13.1. The molecule has 2 aromatic heterocycles. The van der Waals surface area contributed by atoms with Crippen LogP contribution in [-0.2, 0) is 11.3 Å². The number of amides is 1. The van der Waals surface area contributed by atoms with Crippen molar-refractivity contribution in [2.24, 2.45) is 0 Å². The van der Waals surface area contributed by atoms with Gasteiger partial charge in [-0.25, -0.2) is 4.39 Å². The smallest absolute Gasteiger partial charge is 0.300 e. The van der Waals surface area contributed by atoms with Gasteiger partial charge in [0.15, 0.2) is 5.16 Å². The third kappa shape index (κ3) is 4.22. The zero-order chi connectivity index (χ0) is 21.1. The summed E-state index contributed by atoms with van der Waals surface area (Å²) in [5.74, 6) is -0.482. The number of hydrogen-bond acceptors (Lipinski definition) is 5. The van der Waals surface area contributed by atoms with Crippen molar-refractivity contribution in [3.8, 4) is 5.69 Å². The summed E-state index contributed by atoms with van der Waals surface area (Å²) in [5, 5.41) is 11.8. The molecule has 0 aliphatic rings. The molecule has 0 saturated heterocycles. The van der Waals surface area contributed by atoms with Crippen molar-refractivity contribution in [3.63, 3.8) is 0 Å². The van der Waals surface area contributed by atoms with Gasteiger partial charge in [-0.1, -0.05) is 41.6 Å². The van der Waals surface area contributed by atoms with E-state index < -0.39 is 5.56 Å². The molecule has 0 aliphatic heterocycles. The van der Waals surface area contributed by atoms with Crippen LogP contribution in [0, 0.1) is 5.82 Å². The lowest BCUT2D eigenvalue weighted by atomic mass is 10.2. The molecule has 7 nitrogen and oxygen atoms in total. The average molecular weight is 444 g/mol. The average Bonchev–Trinajstić information content (AvgIpc) is 3.17. The fraction of sp³-hybridized carbons (Fsp3) is 0.100. The molecule has 0 bridgehead atoms. The van der Waals surface area contributed by atoms with E-state index in [4.69, 9.17) is 11.6 Å². The fourth-order valence-electron chi connectivity index (χ4n) is 2.79. The van der Waals surface area contributed by atoms with Gasteiger partial charge in [-0.3, -0.25) is 18.6 Å². The molecular weight excluding hydrogens is 429 g/mol. The van der Waals surface area contributed by atoms with Crippen LogP contribution in [0.4, 0.5) is 4.39 Å². The van der Waals surface area contributed by atoms with Gasteiger partial charge in [-0.2, -0.15) is 0 Å². The van der Waals surface area contributed by atoms with Crippen molar-refractivity contribution < 1.29 is 9.18 Å². The van der Waals surface area contributed by atoms with Crippen LogP contribution >= 0.6 is 23.4 Å². The number of benzene rings is 2. The molecular formula is C20H15ClFN5O2S. The minimum Gasteiger partial charge on any atom is -0.351 e. The lowest BCUT2D eigenvalue weighted by Gasteiger charge is -2.07. The van der Waals surface area contributed by atoms with Gasteiger partial charge >= 0.3 is 5.56 Å². The summed E-state index contributed by atoms with van der Waals surface area (Å²) in [6.07, 6.45) is 3.18. The van der Waals surface area contributed by atoms with Crippen molar-refractivity contribution in [1.29, 1.82) is 0 Å². The third-order valence-electron chi connectivity index (χ3n) is 4.31. The summed E-state index contributed by atoms with van der Waals surface area (Å²) in [5.41, 5.74) is 1.05. The molecule has 0 atom stereocenters. The molecule has 152 valence electrons. The van der Waals surface area contributed by atoms with E-state index in [0.29, 0.717) is 22.4 Å². The first kappa shape index (κ1) is 20.1. The number of thioether (sulfide) groups is 1. The standard InChI is InChI=1S/C20H15ClFN5O2S/c21-16-4-2-1-3-13(16)11-23-17(28)12-30-20-25-24-18-19(29)26(9-10-27(18)20)15-7-5-14(22)6-8-15/h1-10H,11-12H2,(H,23,28). The Labute approximate surface area is 179 Å². The number of nitrogens with one attached hydrogen (secondary N) is 1. The predicted octanol–water partition coefficient (Wildman–Crippen LogP) is 3.08. The van der Waals surface area contributed by atoms with Crippen molar-refractivity contribution in [3.05, 3.63) is 87.7 Å². The van der Waals surface area contributed by atoms with E-state index in [9.17, 15) is 14.0 Å². The molecule has 30 heavy (non-hydrogen) atoms. The number of rotatable bonds is 6. The minimum absolute atomic E-state index is 0.103. The lowest BCUT2D eigenvalue weighted by Crippen LogP contribution is -2.24. The van der Waals surface area contributed by atoms with Gasteiger partial charge < -0.3 is 5.32 Å². The van der Waals surface area contributed by atoms with E-state index >= 15 is 0 Å². The number of carbonyl (C=O) groups excluding carboxylic acids is 1. The number of fused-ring (bicyclic) bond motifs is 1. The second-order valence-corrected chi connectivity index (χ2v) is 7.63. The molecule has 0 unspecified atom stereocenters. The Kier molecular flexibility index (Phi) is 5.82. The van der Waals surface area contributed by atoms with E-state index in [1.165, 1.54) is 33.2 Å². The Bertz CT molecular complexity index is 1270. The molecule has 0 fully saturated rings. The summed E-state index contributed by atoms with van der Waals surface area (Å²) in [4.78, 5) is 24.9. The minimum atomic E-state index is -0.397. The first-order valence-corrected chi connectivity index (χ1v) is 10.2. The molecule has 4 aromatic rings. The van der Waals surface area contributed by atoms with Gasteiger partial charge in [-0.05, 0) is 35.9 Å². The van der Waals surface area contributed by atoms with Gasteiger partial charge in [0.1, 0.15) is 5.82 Å². The van der Waals surface area contributed by atoms with Crippen LogP contribution in [-0.4, -0.2) is 30.8 Å². The van der Waals surface area contributed by atoms with Crippen molar-refractivity contribution in [2.45, 2.75) is 11.7 Å². The molecule has 1 N–H and O–H groups in total. The largest absolute Gasteiger partial charge is 0.351 e. The first-order valence-electron chi connectivity index (χ1n) is 8.88. The highest BCUT2D eigenvalue weighted by Crippen LogP contribution is 2.17. The van der Waals surface area contributed by atoms with Crippen LogP contribution in [0.3, 0.4) is 0 Å². The summed E-state index contributed by atoms with van der Waals surface area (Å²) >= 11 is 7.25. The molecule has 0 saturated carbocycles. The maximum Gasteiger partial charge on any atom is 0.300 e. The number of carbonyl (C=O) groups is 1. The Morgan fingerprint density at radius 2 is 1.87 bits per heavy atom. The summed E-state index contributed by atoms with van der Waals surface area (Å²) in [6.45, 7) is 0.321. The SMILES string of the molecule is O=C(CSc1nnc2c(=O)n(-c3ccc(F)cc3)ccn12)NCc1ccccc1Cl. The molecule has 1 amide bonds. The Morgan fingerprint density at radius 3 is 2.63 bits per heavy atom. The lowest BCUT2D eigenvalue weighted by molar-refractivity contribution is -0.118. The molecule has 2 heterocycles. The molecule has 4 rings (SSSR count). The monoisotopic (exact) mass is 443 g/mol. The maximum atomic E-state index is 13.1. The molecule has 0 radical (unpaired) electrons. The zero-order valence-corrected chi connectivity index (χ0v) is 17.0. The van der Waals surface area contributed by atoms with Gasteiger partial charge in [0.25, 0.3) is 0 Å². The van der Waals surface area contributed by atoms with Crippen molar-refractivity contribution in [2.75, 3.05) is 5.75 Å². The molecule has 2 aromatic carbocycles. The van der Waals surface area contributed by atoms with Gasteiger partial charge in [0.2, 0.25) is 11.6 Å². The number of halogens is 2. The Hall–Kier alpha value is -3.17. The van der Waals surface area contributed by atoms with Crippen LogP contribution in [0.1, 0.15) is 5.56 Å². The van der Waals surface area contributed by atoms with Crippen molar-refractivity contribution in [1.82, 2.24) is 24.5 Å². The Morgan fingerprint density at radius 1 is 1.10 bits per heavy atom. The topological polar surface area (TPSA) is 81.3 Å². The normalized spacial score (nSPS) is 11.0. The second-order valence-electron chi connectivity index (χ2n) is 6.28. The van der Waals surface area contributed by atoms with Gasteiger partial charge in [-0.15, -0.1) is 10.2 Å². The number of aromatic nitrogens is 4.